The average Bonchev–Trinajstić information content (AvgIpc) is 2.46. The van der Waals surface area contributed by atoms with Crippen LogP contribution in [0.5, 0.6) is 0 Å². The van der Waals surface area contributed by atoms with Crippen LogP contribution in [-0.2, 0) is 0 Å². The van der Waals surface area contributed by atoms with Gasteiger partial charge < -0.3 is 5.21 Å². The van der Waals surface area contributed by atoms with Crippen LogP contribution < -0.4 is 0 Å². The molecule has 3 heteroatoms. The predicted octanol–water partition coefficient (Wildman–Crippen LogP) is 3.33. The summed E-state index contributed by atoms with van der Waals surface area (Å²) in [7, 11) is 0. The first-order valence-electron chi connectivity index (χ1n) is 6.17. The lowest BCUT2D eigenvalue weighted by atomic mass is 10.1. The first kappa shape index (κ1) is 13.0. The minimum Gasteiger partial charge on any atom is -0.623 e. The normalized spacial score (nSPS) is 12.9. The second-order valence-electron chi connectivity index (χ2n) is 4.22. The van der Waals surface area contributed by atoms with Crippen molar-refractivity contribution in [2.24, 2.45) is 0 Å². The molecule has 1 aromatic carbocycles. The van der Waals surface area contributed by atoms with Gasteiger partial charge in [-0.05, 0) is 24.3 Å². The van der Waals surface area contributed by atoms with Gasteiger partial charge in [0.25, 0.3) is 0 Å². The quantitative estimate of drug-likeness (QED) is 0.269. The van der Waals surface area contributed by atoms with Gasteiger partial charge in [0.05, 0.1) is 0 Å². The average molecular weight is 252 g/mol. The van der Waals surface area contributed by atoms with E-state index in [1.807, 2.05) is 42.5 Å². The molecule has 0 saturated heterocycles. The summed E-state index contributed by atoms with van der Waals surface area (Å²) in [6, 6.07) is 13.0. The van der Waals surface area contributed by atoms with E-state index in [9.17, 15) is 5.21 Å². The molecule has 0 aliphatic heterocycles. The van der Waals surface area contributed by atoms with E-state index in [0.29, 0.717) is 6.42 Å². The summed E-state index contributed by atoms with van der Waals surface area (Å²) in [4.78, 5) is 3.97. The number of aromatic nitrogens is 1. The van der Waals surface area contributed by atoms with Crippen molar-refractivity contribution in [3.63, 3.8) is 0 Å². The third-order valence-electron chi connectivity index (χ3n) is 2.86. The van der Waals surface area contributed by atoms with Crippen LogP contribution in [0.15, 0.2) is 67.5 Å². The highest BCUT2D eigenvalue weighted by Crippen LogP contribution is 2.20. The van der Waals surface area contributed by atoms with Gasteiger partial charge in [-0.3, -0.25) is 4.98 Å². The number of benzene rings is 1. The molecule has 1 atom stereocenters. The van der Waals surface area contributed by atoms with Crippen LogP contribution in [0.2, 0.25) is 0 Å². The van der Waals surface area contributed by atoms with Crippen LogP contribution in [0.1, 0.15) is 23.6 Å². The third-order valence-corrected chi connectivity index (χ3v) is 2.86. The van der Waals surface area contributed by atoms with E-state index in [2.05, 4.69) is 11.6 Å². The van der Waals surface area contributed by atoms with Gasteiger partial charge in [0.2, 0.25) is 0 Å². The van der Waals surface area contributed by atoms with Gasteiger partial charge >= 0.3 is 0 Å². The van der Waals surface area contributed by atoms with Crippen molar-refractivity contribution in [2.75, 3.05) is 0 Å². The molecule has 0 aliphatic rings. The predicted molar refractivity (Wildman–Crippen MR) is 77.0 cm³/mol. The zero-order chi connectivity index (χ0) is 13.5. The van der Waals surface area contributed by atoms with Gasteiger partial charge in [0, 0.05) is 29.9 Å². The highest BCUT2D eigenvalue weighted by Gasteiger charge is 2.16. The topological polar surface area (TPSA) is 39.0 Å². The van der Waals surface area contributed by atoms with Crippen LogP contribution >= 0.6 is 0 Å². The Morgan fingerprint density at radius 1 is 1.16 bits per heavy atom. The smallest absolute Gasteiger partial charge is 0.192 e. The molecule has 0 unspecified atom stereocenters. The molecule has 2 aromatic rings. The maximum atomic E-state index is 12.3. The van der Waals surface area contributed by atoms with E-state index in [1.165, 1.54) is 0 Å². The first-order valence-corrected chi connectivity index (χ1v) is 6.17. The molecule has 1 aromatic heterocycles. The van der Waals surface area contributed by atoms with Crippen molar-refractivity contribution in [3.8, 4) is 0 Å². The maximum absolute atomic E-state index is 12.3. The summed E-state index contributed by atoms with van der Waals surface area (Å²) in [5.74, 6) is 0. The van der Waals surface area contributed by atoms with Crippen molar-refractivity contribution in [3.05, 3.63) is 83.8 Å². The molecule has 0 fully saturated rings. The maximum Gasteiger partial charge on any atom is 0.192 e. The van der Waals surface area contributed by atoms with Gasteiger partial charge in [-0.15, -0.1) is 6.58 Å². The Labute approximate surface area is 113 Å². The van der Waals surface area contributed by atoms with Crippen LogP contribution in [0.25, 0.3) is 0 Å². The lowest BCUT2D eigenvalue weighted by Crippen LogP contribution is -2.14. The molecule has 2 rings (SSSR count). The number of hydrogen-bond acceptors (Lipinski definition) is 2. The molecule has 0 bridgehead atoms. The highest BCUT2D eigenvalue weighted by atomic mass is 16.5. The van der Waals surface area contributed by atoms with Crippen LogP contribution in [0, 0.1) is 5.21 Å². The van der Waals surface area contributed by atoms with E-state index >= 15 is 0 Å². The summed E-state index contributed by atoms with van der Waals surface area (Å²) in [5, 5.41) is 12.3. The van der Waals surface area contributed by atoms with Crippen LogP contribution in [0.4, 0.5) is 0 Å². The Balaban J connectivity index is 2.29. The van der Waals surface area contributed by atoms with Crippen molar-refractivity contribution in [1.29, 1.82) is 0 Å². The Bertz CT molecular complexity index is 549. The lowest BCUT2D eigenvalue weighted by molar-refractivity contribution is -0.502. The van der Waals surface area contributed by atoms with Gasteiger partial charge in [-0.1, -0.05) is 24.3 Å². The van der Waals surface area contributed by atoms with E-state index < -0.39 is 0 Å². The fourth-order valence-electron chi connectivity index (χ4n) is 1.91. The summed E-state index contributed by atoms with van der Waals surface area (Å²) < 4.78 is 0.979. The van der Waals surface area contributed by atoms with Crippen molar-refractivity contribution < 1.29 is 4.74 Å². The lowest BCUT2D eigenvalue weighted by Gasteiger charge is -2.15. The molecule has 0 aliphatic carbocycles. The zero-order valence-corrected chi connectivity index (χ0v) is 10.6. The van der Waals surface area contributed by atoms with Gasteiger partial charge in [0.15, 0.2) is 12.3 Å². The molecule has 0 amide bonds. The van der Waals surface area contributed by atoms with Crippen LogP contribution in [0.3, 0.4) is 0 Å². The number of pyridine rings is 1. The summed E-state index contributed by atoms with van der Waals surface area (Å²) in [6.07, 6.45) is 7.35. The number of hydroxylamine groups is 1. The largest absolute Gasteiger partial charge is 0.623 e. The van der Waals surface area contributed by atoms with Gasteiger partial charge in [-0.25, -0.2) is 4.74 Å². The van der Waals surface area contributed by atoms with E-state index in [0.717, 1.165) is 15.9 Å². The van der Waals surface area contributed by atoms with Crippen molar-refractivity contribution in [1.82, 2.24) is 4.98 Å². The van der Waals surface area contributed by atoms with E-state index in [1.54, 1.807) is 24.7 Å². The van der Waals surface area contributed by atoms with E-state index in [-0.39, 0.29) is 6.04 Å². The summed E-state index contributed by atoms with van der Waals surface area (Å²) >= 11 is 0. The minimum absolute atomic E-state index is 0.263. The summed E-state index contributed by atoms with van der Waals surface area (Å²) in [6.45, 7) is 3.72. The molecule has 3 nitrogen and oxygen atoms in total. The molecule has 0 N–H and O–H groups in total. The molecular weight excluding hydrogens is 236 g/mol. The molecule has 96 valence electrons. The molecule has 19 heavy (non-hydrogen) atoms. The second-order valence-corrected chi connectivity index (χ2v) is 4.22. The van der Waals surface area contributed by atoms with Crippen molar-refractivity contribution in [2.45, 2.75) is 12.5 Å². The SMILES string of the molecule is C=CC[C@H](c1ccncc1)[N+]([O-])=Cc1ccccc1. The van der Waals surface area contributed by atoms with Gasteiger partial charge in [0.1, 0.15) is 0 Å². The Kier molecular flexibility index (Phi) is 4.45. The van der Waals surface area contributed by atoms with Crippen molar-refractivity contribution >= 4 is 6.21 Å². The molecule has 0 spiro atoms. The number of nitrogens with zero attached hydrogens (tertiary/aromatic N) is 2. The fraction of sp³-hybridized carbons (Fsp3) is 0.125. The zero-order valence-electron chi connectivity index (χ0n) is 10.6. The molecule has 1 heterocycles. The third kappa shape index (κ3) is 3.52. The number of hydrogen-bond donors (Lipinski definition) is 0. The Hall–Kier alpha value is -2.42. The summed E-state index contributed by atoms with van der Waals surface area (Å²) in [5.41, 5.74) is 1.83. The monoisotopic (exact) mass is 252 g/mol. The van der Waals surface area contributed by atoms with Crippen LogP contribution in [-0.4, -0.2) is 15.9 Å². The van der Waals surface area contributed by atoms with Gasteiger partial charge in [-0.2, -0.15) is 0 Å². The minimum atomic E-state index is -0.263. The second kappa shape index (κ2) is 6.50. The molecular formula is C16H16N2O. The Morgan fingerprint density at radius 2 is 1.84 bits per heavy atom. The standard InChI is InChI=1S/C16H16N2O/c1-2-6-16(15-9-11-17-12-10-15)18(19)13-14-7-4-3-5-8-14/h2-5,7-13,16H,1,6H2/t16-/m1/s1. The Morgan fingerprint density at radius 3 is 2.47 bits per heavy atom. The molecule has 0 radical (unpaired) electrons. The molecule has 0 saturated carbocycles. The first-order chi connectivity index (χ1) is 9.31. The number of rotatable bonds is 5. The highest BCUT2D eigenvalue weighted by molar-refractivity contribution is 5.75. The fourth-order valence-corrected chi connectivity index (χ4v) is 1.91. The van der Waals surface area contributed by atoms with E-state index in [4.69, 9.17) is 0 Å².